The van der Waals surface area contributed by atoms with Crippen LogP contribution in [-0.2, 0) is 13.0 Å². The second kappa shape index (κ2) is 10.9. The number of carbonyl (C=O) groups excluding carboxylic acids is 1. The lowest BCUT2D eigenvalue weighted by molar-refractivity contribution is 0.146. The van der Waals surface area contributed by atoms with Gasteiger partial charge in [0.2, 0.25) is 0 Å². The third kappa shape index (κ3) is 5.80. The lowest BCUT2D eigenvalue weighted by Gasteiger charge is -2.26. The first kappa shape index (κ1) is 23.5. The number of aromatic nitrogens is 1. The largest absolute Gasteiger partial charge is 0.490 e. The fourth-order valence-electron chi connectivity index (χ4n) is 3.81. The lowest BCUT2D eigenvalue weighted by atomic mass is 10.0. The number of carbonyl (C=O) groups is 1. The van der Waals surface area contributed by atoms with Crippen molar-refractivity contribution >= 4 is 28.6 Å². The standard InChI is InChI=1S/C19H17ClN2O2.C9H10O/c1-12-2-5-14(6-3-12)24-19(23)22-9-8-15-16-10-13(20)4-7-17(16)21-18(15)11-22;1-2-8-10-9-6-4-3-5-7-9/h2-7,10,21H,8-9,11H2,1H3;2-7H,1,8H2. The Kier molecular flexibility index (Phi) is 7.55. The van der Waals surface area contributed by atoms with Crippen molar-refractivity contribution in [2.24, 2.45) is 0 Å². The summed E-state index contributed by atoms with van der Waals surface area (Å²) in [5.74, 6) is 1.46. The van der Waals surface area contributed by atoms with Gasteiger partial charge in [-0.2, -0.15) is 0 Å². The number of benzene rings is 3. The van der Waals surface area contributed by atoms with E-state index in [-0.39, 0.29) is 6.09 Å². The minimum Gasteiger partial charge on any atom is -0.490 e. The van der Waals surface area contributed by atoms with E-state index in [1.807, 2.05) is 79.7 Å². The molecular weight excluding hydrogens is 448 g/mol. The van der Waals surface area contributed by atoms with Crippen molar-refractivity contribution in [1.29, 1.82) is 0 Å². The number of rotatable bonds is 4. The molecule has 0 saturated heterocycles. The van der Waals surface area contributed by atoms with Gasteiger partial charge in [-0.3, -0.25) is 0 Å². The molecule has 2 heterocycles. The number of amides is 1. The third-order valence-corrected chi connectivity index (χ3v) is 5.77. The molecule has 0 spiro atoms. The summed E-state index contributed by atoms with van der Waals surface area (Å²) in [5.41, 5.74) is 4.48. The van der Waals surface area contributed by atoms with Gasteiger partial charge in [-0.15, -0.1) is 0 Å². The van der Waals surface area contributed by atoms with Crippen LogP contribution in [0.4, 0.5) is 4.79 Å². The van der Waals surface area contributed by atoms with Crippen LogP contribution >= 0.6 is 11.6 Å². The van der Waals surface area contributed by atoms with Gasteiger partial charge in [-0.05, 0) is 61.4 Å². The summed E-state index contributed by atoms with van der Waals surface area (Å²) in [6.45, 7) is 7.28. The van der Waals surface area contributed by atoms with Crippen molar-refractivity contribution in [3.8, 4) is 11.5 Å². The van der Waals surface area contributed by atoms with E-state index in [2.05, 4.69) is 11.6 Å². The molecule has 0 atom stereocenters. The Labute approximate surface area is 204 Å². The first-order chi connectivity index (χ1) is 16.5. The smallest absolute Gasteiger partial charge is 0.415 e. The van der Waals surface area contributed by atoms with Gasteiger partial charge in [-0.25, -0.2) is 4.79 Å². The van der Waals surface area contributed by atoms with E-state index in [1.165, 1.54) is 5.56 Å². The highest BCUT2D eigenvalue weighted by atomic mass is 35.5. The molecule has 1 aliphatic heterocycles. The molecule has 34 heavy (non-hydrogen) atoms. The first-order valence-electron chi connectivity index (χ1n) is 11.1. The van der Waals surface area contributed by atoms with Crippen LogP contribution in [0, 0.1) is 6.92 Å². The fourth-order valence-corrected chi connectivity index (χ4v) is 3.98. The molecule has 5 nitrogen and oxygen atoms in total. The molecule has 1 amide bonds. The molecule has 1 N–H and O–H groups in total. The molecular formula is C28H27ClN2O3. The number of H-pyrrole nitrogens is 1. The molecule has 1 aliphatic rings. The molecule has 5 rings (SSSR count). The Morgan fingerprint density at radius 2 is 1.85 bits per heavy atom. The van der Waals surface area contributed by atoms with Crippen molar-refractivity contribution in [3.05, 3.63) is 107 Å². The van der Waals surface area contributed by atoms with Crippen LogP contribution in [0.5, 0.6) is 11.5 Å². The number of aryl methyl sites for hydroxylation is 1. The Morgan fingerprint density at radius 3 is 2.59 bits per heavy atom. The summed E-state index contributed by atoms with van der Waals surface area (Å²) < 4.78 is 10.7. The van der Waals surface area contributed by atoms with Crippen LogP contribution in [0.15, 0.2) is 85.5 Å². The number of fused-ring (bicyclic) bond motifs is 3. The fraction of sp³-hybridized carbons (Fsp3) is 0.179. The number of hydrogen-bond acceptors (Lipinski definition) is 3. The van der Waals surface area contributed by atoms with Gasteiger partial charge in [0.1, 0.15) is 18.1 Å². The highest BCUT2D eigenvalue weighted by molar-refractivity contribution is 6.31. The summed E-state index contributed by atoms with van der Waals surface area (Å²) in [7, 11) is 0. The molecule has 0 fully saturated rings. The Balaban J connectivity index is 0.000000231. The predicted octanol–water partition coefficient (Wildman–Crippen LogP) is 6.94. The molecule has 174 valence electrons. The third-order valence-electron chi connectivity index (χ3n) is 5.53. The molecule has 0 aliphatic carbocycles. The summed E-state index contributed by atoms with van der Waals surface area (Å²) in [5, 5.41) is 1.87. The summed E-state index contributed by atoms with van der Waals surface area (Å²) in [4.78, 5) is 17.5. The van der Waals surface area contributed by atoms with E-state index in [0.717, 1.165) is 39.4 Å². The summed E-state index contributed by atoms with van der Waals surface area (Å²) >= 11 is 6.10. The molecule has 3 aromatic carbocycles. The molecule has 6 heteroatoms. The van der Waals surface area contributed by atoms with Crippen molar-refractivity contribution < 1.29 is 14.3 Å². The zero-order valence-electron chi connectivity index (χ0n) is 19.1. The number of hydrogen-bond donors (Lipinski definition) is 1. The number of halogens is 1. The topological polar surface area (TPSA) is 54.6 Å². The summed E-state index contributed by atoms with van der Waals surface area (Å²) in [6, 6.07) is 23.0. The van der Waals surface area contributed by atoms with Crippen molar-refractivity contribution in [1.82, 2.24) is 9.88 Å². The van der Waals surface area contributed by atoms with Crippen LogP contribution < -0.4 is 9.47 Å². The van der Waals surface area contributed by atoms with Gasteiger partial charge < -0.3 is 19.4 Å². The maximum Gasteiger partial charge on any atom is 0.415 e. The van der Waals surface area contributed by atoms with Gasteiger partial charge in [0.05, 0.1) is 6.54 Å². The van der Waals surface area contributed by atoms with Crippen molar-refractivity contribution in [2.75, 3.05) is 13.2 Å². The average Bonchev–Trinajstić information content (AvgIpc) is 3.22. The average molecular weight is 475 g/mol. The Morgan fingerprint density at radius 1 is 1.09 bits per heavy atom. The van der Waals surface area contributed by atoms with Gasteiger partial charge in [0.15, 0.2) is 0 Å². The van der Waals surface area contributed by atoms with Crippen LogP contribution in [0.25, 0.3) is 10.9 Å². The highest BCUT2D eigenvalue weighted by Crippen LogP contribution is 2.30. The monoisotopic (exact) mass is 474 g/mol. The van der Waals surface area contributed by atoms with E-state index in [4.69, 9.17) is 21.1 Å². The second-order valence-electron chi connectivity index (χ2n) is 8.04. The molecule has 0 bridgehead atoms. The van der Waals surface area contributed by atoms with Gasteiger partial charge in [-0.1, -0.05) is 60.2 Å². The van der Waals surface area contributed by atoms with Crippen molar-refractivity contribution in [3.63, 3.8) is 0 Å². The minimum absolute atomic E-state index is 0.318. The zero-order chi connectivity index (χ0) is 23.9. The second-order valence-corrected chi connectivity index (χ2v) is 8.47. The van der Waals surface area contributed by atoms with Crippen LogP contribution in [0.3, 0.4) is 0 Å². The number of nitrogens with one attached hydrogen (secondary N) is 1. The maximum atomic E-state index is 12.4. The van der Waals surface area contributed by atoms with E-state index in [1.54, 1.807) is 11.0 Å². The van der Waals surface area contributed by atoms with Gasteiger partial charge >= 0.3 is 6.09 Å². The Hall–Kier alpha value is -3.70. The molecule has 4 aromatic rings. The van der Waals surface area contributed by atoms with Crippen LogP contribution in [-0.4, -0.2) is 29.1 Å². The van der Waals surface area contributed by atoms with Crippen LogP contribution in [0.2, 0.25) is 5.02 Å². The number of ether oxygens (including phenoxy) is 2. The van der Waals surface area contributed by atoms with Gasteiger partial charge in [0.25, 0.3) is 0 Å². The number of nitrogens with zero attached hydrogens (tertiary/aromatic N) is 1. The molecule has 0 saturated carbocycles. The summed E-state index contributed by atoms with van der Waals surface area (Å²) in [6.07, 6.45) is 2.20. The number of aromatic amines is 1. The SMILES string of the molecule is C=CCOc1ccccc1.Cc1ccc(OC(=O)N2CCc3c([nH]c4ccc(Cl)cc34)C2)cc1. The van der Waals surface area contributed by atoms with Crippen LogP contribution in [0.1, 0.15) is 16.8 Å². The van der Waals surface area contributed by atoms with E-state index < -0.39 is 0 Å². The van der Waals surface area contributed by atoms with Gasteiger partial charge in [0, 0.05) is 28.2 Å². The van der Waals surface area contributed by atoms with E-state index >= 15 is 0 Å². The molecule has 0 radical (unpaired) electrons. The predicted molar refractivity (Wildman–Crippen MR) is 137 cm³/mol. The molecule has 1 aromatic heterocycles. The zero-order valence-corrected chi connectivity index (χ0v) is 19.8. The van der Waals surface area contributed by atoms with E-state index in [0.29, 0.717) is 25.4 Å². The minimum atomic E-state index is -0.318. The first-order valence-corrected chi connectivity index (χ1v) is 11.5. The number of para-hydroxylation sites is 1. The Bertz CT molecular complexity index is 1270. The normalized spacial score (nSPS) is 12.4. The lowest BCUT2D eigenvalue weighted by Crippen LogP contribution is -2.37. The maximum absolute atomic E-state index is 12.4. The quantitative estimate of drug-likeness (QED) is 0.326. The highest BCUT2D eigenvalue weighted by Gasteiger charge is 2.25. The molecule has 0 unspecified atom stereocenters. The van der Waals surface area contributed by atoms with Crippen molar-refractivity contribution in [2.45, 2.75) is 19.9 Å². The van der Waals surface area contributed by atoms with E-state index in [9.17, 15) is 4.79 Å².